The van der Waals surface area contributed by atoms with Crippen molar-refractivity contribution in [3.05, 3.63) is 112 Å². The standard InChI is InChI=1S/C28H23ClFN7O3/c1-40-16-18-11-17(34-35-18)15-32-28(39)25-14-26(37(36-25)19-7-3-2-4-8-19)33-27(38)20-12-21(23(30)13-22(20)29)24-9-5-6-10-31-24/h2-14H,15-16H2,1H3,(H,32,39)(H,33,38)(H,34,35). The number of hydrogen-bond acceptors (Lipinski definition) is 6. The summed E-state index contributed by atoms with van der Waals surface area (Å²) in [6, 6.07) is 19.7. The van der Waals surface area contributed by atoms with Crippen LogP contribution in [0.5, 0.6) is 0 Å². The zero-order valence-electron chi connectivity index (χ0n) is 21.2. The van der Waals surface area contributed by atoms with Gasteiger partial charge in [0.1, 0.15) is 11.6 Å². The number of methoxy groups -OCH3 is 1. The molecule has 0 bridgehead atoms. The van der Waals surface area contributed by atoms with Gasteiger partial charge in [-0.05, 0) is 42.5 Å². The fourth-order valence-electron chi connectivity index (χ4n) is 3.96. The molecule has 2 amide bonds. The largest absolute Gasteiger partial charge is 0.378 e. The number of anilines is 1. The predicted molar refractivity (Wildman–Crippen MR) is 147 cm³/mol. The van der Waals surface area contributed by atoms with Crippen molar-refractivity contribution in [2.75, 3.05) is 12.4 Å². The van der Waals surface area contributed by atoms with Crippen LogP contribution in [0.25, 0.3) is 16.9 Å². The van der Waals surface area contributed by atoms with Gasteiger partial charge in [0, 0.05) is 24.9 Å². The first-order chi connectivity index (χ1) is 19.4. The summed E-state index contributed by atoms with van der Waals surface area (Å²) >= 11 is 6.26. The molecule has 0 aliphatic rings. The number of rotatable bonds is 9. The quantitative estimate of drug-likeness (QED) is 0.238. The molecule has 0 fully saturated rings. The molecule has 5 rings (SSSR count). The van der Waals surface area contributed by atoms with E-state index in [9.17, 15) is 14.0 Å². The average molecular weight is 560 g/mol. The Morgan fingerprint density at radius 2 is 1.85 bits per heavy atom. The molecule has 2 aromatic carbocycles. The Hall–Kier alpha value is -4.87. The van der Waals surface area contributed by atoms with Crippen LogP contribution in [0.1, 0.15) is 32.2 Å². The van der Waals surface area contributed by atoms with Gasteiger partial charge in [-0.3, -0.25) is 19.7 Å². The summed E-state index contributed by atoms with van der Waals surface area (Å²) in [6.07, 6.45) is 1.53. The van der Waals surface area contributed by atoms with Crippen molar-refractivity contribution in [1.82, 2.24) is 30.3 Å². The molecule has 0 saturated carbocycles. The first-order valence-corrected chi connectivity index (χ1v) is 12.5. The normalized spacial score (nSPS) is 10.9. The molecular formula is C28H23ClFN7O3. The monoisotopic (exact) mass is 559 g/mol. The number of benzene rings is 2. The summed E-state index contributed by atoms with van der Waals surface area (Å²) in [5.41, 5.74) is 2.57. The van der Waals surface area contributed by atoms with Crippen LogP contribution in [0.15, 0.2) is 79.0 Å². The second-order valence-corrected chi connectivity index (χ2v) is 9.05. The highest BCUT2D eigenvalue weighted by atomic mass is 35.5. The van der Waals surface area contributed by atoms with Crippen LogP contribution in [-0.4, -0.2) is 43.9 Å². The van der Waals surface area contributed by atoms with E-state index in [-0.39, 0.29) is 34.2 Å². The molecule has 12 heteroatoms. The molecule has 3 aromatic heterocycles. The number of pyridine rings is 1. The lowest BCUT2D eigenvalue weighted by atomic mass is 10.1. The van der Waals surface area contributed by atoms with Crippen molar-refractivity contribution in [3.8, 4) is 16.9 Å². The van der Waals surface area contributed by atoms with Crippen LogP contribution >= 0.6 is 11.6 Å². The van der Waals surface area contributed by atoms with Gasteiger partial charge in [0.25, 0.3) is 11.8 Å². The Balaban J connectivity index is 1.41. The smallest absolute Gasteiger partial charge is 0.272 e. The summed E-state index contributed by atoms with van der Waals surface area (Å²) in [4.78, 5) is 30.5. The van der Waals surface area contributed by atoms with Gasteiger partial charge >= 0.3 is 0 Å². The molecule has 0 spiro atoms. The second-order valence-electron chi connectivity index (χ2n) is 8.64. The van der Waals surface area contributed by atoms with E-state index in [0.717, 1.165) is 6.07 Å². The number of aromatic amines is 1. The summed E-state index contributed by atoms with van der Waals surface area (Å²) in [5.74, 6) is -1.48. The molecule has 0 aliphatic heterocycles. The number of hydrogen-bond donors (Lipinski definition) is 3. The topological polar surface area (TPSA) is 127 Å². The van der Waals surface area contributed by atoms with Crippen molar-refractivity contribution < 1.29 is 18.7 Å². The van der Waals surface area contributed by atoms with E-state index in [1.807, 2.05) is 6.07 Å². The van der Waals surface area contributed by atoms with E-state index in [0.29, 0.717) is 29.4 Å². The second kappa shape index (κ2) is 11.9. The van der Waals surface area contributed by atoms with Crippen molar-refractivity contribution in [3.63, 3.8) is 0 Å². The summed E-state index contributed by atoms with van der Waals surface area (Å²) < 4.78 is 21.2. The summed E-state index contributed by atoms with van der Waals surface area (Å²) in [5, 5.41) is 16.8. The number of carbonyl (C=O) groups excluding carboxylic acids is 2. The van der Waals surface area contributed by atoms with Crippen LogP contribution in [-0.2, 0) is 17.9 Å². The number of ether oxygens (including phenoxy) is 1. The third kappa shape index (κ3) is 5.90. The van der Waals surface area contributed by atoms with Gasteiger partial charge in [0.2, 0.25) is 0 Å². The molecule has 40 heavy (non-hydrogen) atoms. The SMILES string of the molecule is COCc1cc(CNC(=O)c2cc(NC(=O)c3cc(-c4ccccn4)c(F)cc3Cl)n(-c3ccccc3)n2)[nH]n1. The average Bonchev–Trinajstić information content (AvgIpc) is 3.60. The lowest BCUT2D eigenvalue weighted by Gasteiger charge is -2.11. The fourth-order valence-corrected chi connectivity index (χ4v) is 4.20. The number of nitrogens with one attached hydrogen (secondary N) is 3. The first kappa shape index (κ1) is 26.7. The summed E-state index contributed by atoms with van der Waals surface area (Å²) in [6.45, 7) is 0.521. The highest BCUT2D eigenvalue weighted by Gasteiger charge is 2.21. The number of aromatic nitrogens is 5. The van der Waals surface area contributed by atoms with Gasteiger partial charge < -0.3 is 15.4 Å². The van der Waals surface area contributed by atoms with E-state index < -0.39 is 17.6 Å². The third-order valence-electron chi connectivity index (χ3n) is 5.84. The van der Waals surface area contributed by atoms with Crippen molar-refractivity contribution in [2.24, 2.45) is 0 Å². The van der Waals surface area contributed by atoms with Crippen LogP contribution in [0, 0.1) is 5.82 Å². The van der Waals surface area contributed by atoms with E-state index in [2.05, 4.69) is 30.9 Å². The lowest BCUT2D eigenvalue weighted by molar-refractivity contribution is 0.0944. The maximum Gasteiger partial charge on any atom is 0.272 e. The van der Waals surface area contributed by atoms with E-state index in [1.165, 1.54) is 23.0 Å². The van der Waals surface area contributed by atoms with Gasteiger partial charge in [-0.1, -0.05) is 35.9 Å². The van der Waals surface area contributed by atoms with Gasteiger partial charge in [0.05, 0.1) is 46.5 Å². The molecule has 0 atom stereocenters. The predicted octanol–water partition coefficient (Wildman–Crippen LogP) is 4.78. The highest BCUT2D eigenvalue weighted by Crippen LogP contribution is 2.28. The van der Waals surface area contributed by atoms with Gasteiger partial charge in [0.15, 0.2) is 5.69 Å². The minimum atomic E-state index is -0.616. The first-order valence-electron chi connectivity index (χ1n) is 12.1. The minimum Gasteiger partial charge on any atom is -0.378 e. The maximum absolute atomic E-state index is 14.7. The summed E-state index contributed by atoms with van der Waals surface area (Å²) in [7, 11) is 1.57. The fraction of sp³-hybridized carbons (Fsp3) is 0.107. The van der Waals surface area contributed by atoms with Crippen molar-refractivity contribution >= 4 is 29.2 Å². The Kier molecular flexibility index (Phi) is 7.94. The number of carbonyl (C=O) groups is 2. The van der Waals surface area contributed by atoms with Gasteiger partial charge in [-0.15, -0.1) is 0 Å². The zero-order chi connectivity index (χ0) is 28.1. The Morgan fingerprint density at radius 3 is 2.60 bits per heavy atom. The number of para-hydroxylation sites is 1. The third-order valence-corrected chi connectivity index (χ3v) is 6.15. The molecule has 0 aliphatic carbocycles. The molecule has 3 N–H and O–H groups in total. The van der Waals surface area contributed by atoms with Crippen LogP contribution < -0.4 is 10.6 Å². The molecule has 0 unspecified atom stereocenters. The molecule has 202 valence electrons. The zero-order valence-corrected chi connectivity index (χ0v) is 21.9. The van der Waals surface area contributed by atoms with E-state index in [4.69, 9.17) is 16.3 Å². The molecule has 0 radical (unpaired) electrons. The number of amides is 2. The molecule has 5 aromatic rings. The van der Waals surface area contributed by atoms with Crippen LogP contribution in [0.4, 0.5) is 10.2 Å². The van der Waals surface area contributed by atoms with Crippen molar-refractivity contribution in [2.45, 2.75) is 13.2 Å². The number of halogens is 2. The maximum atomic E-state index is 14.7. The molecule has 10 nitrogen and oxygen atoms in total. The number of nitrogens with zero attached hydrogens (tertiary/aromatic N) is 4. The van der Waals surface area contributed by atoms with Crippen LogP contribution in [0.2, 0.25) is 5.02 Å². The minimum absolute atomic E-state index is 0.0293. The Bertz CT molecular complexity index is 1660. The number of H-pyrrole nitrogens is 1. The van der Waals surface area contributed by atoms with E-state index >= 15 is 0 Å². The molecular weight excluding hydrogens is 537 g/mol. The highest BCUT2D eigenvalue weighted by molar-refractivity contribution is 6.34. The van der Waals surface area contributed by atoms with Gasteiger partial charge in [-0.25, -0.2) is 9.07 Å². The van der Waals surface area contributed by atoms with Gasteiger partial charge in [-0.2, -0.15) is 10.2 Å². The Morgan fingerprint density at radius 1 is 1.05 bits per heavy atom. The van der Waals surface area contributed by atoms with Crippen molar-refractivity contribution in [1.29, 1.82) is 0 Å². The molecule has 0 saturated heterocycles. The Labute approximate surface area is 233 Å². The van der Waals surface area contributed by atoms with E-state index in [1.54, 1.807) is 55.6 Å². The molecule has 3 heterocycles. The van der Waals surface area contributed by atoms with Crippen LogP contribution in [0.3, 0.4) is 0 Å². The lowest BCUT2D eigenvalue weighted by Crippen LogP contribution is -2.23.